The zero-order chi connectivity index (χ0) is 20.8. The van der Waals surface area contributed by atoms with Crippen molar-refractivity contribution in [2.24, 2.45) is 0 Å². The first-order chi connectivity index (χ1) is 14.0. The van der Waals surface area contributed by atoms with Crippen molar-refractivity contribution in [2.45, 2.75) is 38.9 Å². The van der Waals surface area contributed by atoms with E-state index in [0.29, 0.717) is 18.7 Å². The summed E-state index contributed by atoms with van der Waals surface area (Å²) in [5.74, 6) is -1.22. The molecule has 2 aromatic rings. The minimum atomic E-state index is -1.22. The Kier molecular flexibility index (Phi) is 7.06. The molecule has 0 amide bonds. The Labute approximate surface area is 170 Å². The lowest BCUT2D eigenvalue weighted by atomic mass is 10.0. The van der Waals surface area contributed by atoms with Crippen LogP contribution in [0.1, 0.15) is 42.1 Å². The molecule has 0 radical (unpaired) electrons. The summed E-state index contributed by atoms with van der Waals surface area (Å²) in [5, 5.41) is 9.15. The zero-order valence-electron chi connectivity index (χ0n) is 16.9. The lowest BCUT2D eigenvalue weighted by Crippen LogP contribution is -2.28. The number of likely N-dealkylation sites (N-methyl/N-ethyl adjacent to an activating group) is 1. The van der Waals surface area contributed by atoms with Crippen molar-refractivity contribution in [3.63, 3.8) is 0 Å². The van der Waals surface area contributed by atoms with E-state index in [-0.39, 0.29) is 11.9 Å². The molecule has 156 valence electrons. The van der Waals surface area contributed by atoms with Crippen molar-refractivity contribution in [1.29, 1.82) is 0 Å². The number of rotatable bonds is 8. The van der Waals surface area contributed by atoms with E-state index in [4.69, 9.17) is 14.6 Å². The van der Waals surface area contributed by atoms with Crippen LogP contribution in [-0.2, 0) is 15.9 Å². The topological polar surface area (TPSA) is 91.9 Å². The van der Waals surface area contributed by atoms with Crippen LogP contribution in [0.4, 0.5) is 5.69 Å². The Morgan fingerprint density at radius 2 is 2.07 bits per heavy atom. The van der Waals surface area contributed by atoms with Crippen LogP contribution in [0.2, 0.25) is 0 Å². The number of aryl methyl sites for hydroxylation is 1. The van der Waals surface area contributed by atoms with Crippen LogP contribution < -0.4 is 10.5 Å². The Bertz CT molecular complexity index is 885. The van der Waals surface area contributed by atoms with Gasteiger partial charge in [0.05, 0.1) is 12.3 Å². The number of pyridine rings is 1. The van der Waals surface area contributed by atoms with Gasteiger partial charge >= 0.3 is 5.97 Å². The molecule has 0 saturated carbocycles. The number of H-pyrrole nitrogens is 1. The van der Waals surface area contributed by atoms with Gasteiger partial charge < -0.3 is 24.5 Å². The molecule has 0 bridgehead atoms. The molecule has 1 aromatic heterocycles. The third-order valence-electron chi connectivity index (χ3n) is 5.20. The predicted octanol–water partition coefficient (Wildman–Crippen LogP) is 3.28. The first-order valence-electron chi connectivity index (χ1n) is 10.0. The molecule has 29 heavy (non-hydrogen) atoms. The van der Waals surface area contributed by atoms with Crippen molar-refractivity contribution < 1.29 is 19.4 Å². The number of anilines is 1. The van der Waals surface area contributed by atoms with Crippen LogP contribution in [0, 0.1) is 0 Å². The summed E-state index contributed by atoms with van der Waals surface area (Å²) < 4.78 is 11.4. The average Bonchev–Trinajstić information content (AvgIpc) is 2.74. The molecule has 1 fully saturated rings. The molecule has 0 aliphatic carbocycles. The number of carboxylic acids is 1. The fourth-order valence-corrected chi connectivity index (χ4v) is 3.44. The summed E-state index contributed by atoms with van der Waals surface area (Å²) in [7, 11) is 2.00. The summed E-state index contributed by atoms with van der Waals surface area (Å²) in [6.07, 6.45) is 3.75. The van der Waals surface area contributed by atoms with Crippen LogP contribution in [0.25, 0.3) is 11.3 Å². The van der Waals surface area contributed by atoms with Crippen LogP contribution in [-0.4, -0.2) is 49.2 Å². The lowest BCUT2D eigenvalue weighted by molar-refractivity contribution is -0.160. The molecular formula is C22H28N2O5. The second-order valence-electron chi connectivity index (χ2n) is 7.21. The van der Waals surface area contributed by atoms with Crippen LogP contribution in [0.15, 0.2) is 35.1 Å². The lowest BCUT2D eigenvalue weighted by Gasteiger charge is -2.25. The summed E-state index contributed by atoms with van der Waals surface area (Å²) in [6, 6.07) is 9.29. The van der Waals surface area contributed by atoms with Gasteiger partial charge in [-0.2, -0.15) is 0 Å². The smallest absolute Gasteiger partial charge is 0.341 e. The van der Waals surface area contributed by atoms with E-state index in [2.05, 4.69) is 9.88 Å². The predicted molar refractivity (Wildman–Crippen MR) is 112 cm³/mol. The molecule has 2 N–H and O–H groups in total. The number of benzene rings is 1. The molecule has 1 aromatic carbocycles. The number of ether oxygens (including phenoxy) is 2. The highest BCUT2D eigenvalue weighted by atomic mass is 16.7. The summed E-state index contributed by atoms with van der Waals surface area (Å²) >= 11 is 0. The van der Waals surface area contributed by atoms with Gasteiger partial charge in [-0.15, -0.1) is 0 Å². The van der Waals surface area contributed by atoms with Gasteiger partial charge in [0.25, 0.3) is 5.56 Å². The maximum absolute atomic E-state index is 12.1. The SMILES string of the molecule is CCc1cc(C(=O)O)c(=O)[nH]c1-c1ccc(N(C)CCOC2CCCCO2)cc1. The van der Waals surface area contributed by atoms with Gasteiger partial charge in [0, 0.05) is 25.9 Å². The van der Waals surface area contributed by atoms with Crippen molar-refractivity contribution in [1.82, 2.24) is 4.98 Å². The molecule has 0 spiro atoms. The minimum absolute atomic E-state index is 0.0856. The monoisotopic (exact) mass is 400 g/mol. The first-order valence-corrected chi connectivity index (χ1v) is 10.0. The number of hydrogen-bond donors (Lipinski definition) is 2. The van der Waals surface area contributed by atoms with Gasteiger partial charge in [-0.05, 0) is 55.0 Å². The maximum atomic E-state index is 12.1. The molecular weight excluding hydrogens is 372 g/mol. The number of nitrogens with one attached hydrogen (secondary N) is 1. The molecule has 7 nitrogen and oxygen atoms in total. The van der Waals surface area contributed by atoms with E-state index in [1.54, 1.807) is 0 Å². The third kappa shape index (κ3) is 5.25. The standard InChI is InChI=1S/C22H28N2O5/c1-3-15-14-18(22(26)27)21(25)23-20(15)16-7-9-17(10-8-16)24(2)11-13-29-19-6-4-5-12-28-19/h7-10,14,19H,3-6,11-13H2,1-2H3,(H,23,25)(H,26,27). The normalized spacial score (nSPS) is 16.6. The second kappa shape index (κ2) is 9.71. The highest BCUT2D eigenvalue weighted by Crippen LogP contribution is 2.24. The minimum Gasteiger partial charge on any atom is -0.477 e. The quantitative estimate of drug-likeness (QED) is 0.707. The van der Waals surface area contributed by atoms with Gasteiger partial charge in [0.2, 0.25) is 0 Å². The second-order valence-corrected chi connectivity index (χ2v) is 7.21. The molecule has 2 heterocycles. The molecule has 1 aliphatic heterocycles. The average molecular weight is 400 g/mol. The molecule has 3 rings (SSSR count). The van der Waals surface area contributed by atoms with Crippen molar-refractivity contribution in [3.8, 4) is 11.3 Å². The Morgan fingerprint density at radius 3 is 2.69 bits per heavy atom. The molecule has 1 saturated heterocycles. The van der Waals surface area contributed by atoms with Crippen LogP contribution in [0.3, 0.4) is 0 Å². The van der Waals surface area contributed by atoms with E-state index in [1.807, 2.05) is 38.2 Å². The highest BCUT2D eigenvalue weighted by Gasteiger charge is 2.15. The number of aromatic carboxylic acids is 1. The van der Waals surface area contributed by atoms with Gasteiger partial charge in [0.1, 0.15) is 5.56 Å². The fraction of sp³-hybridized carbons (Fsp3) is 0.455. The largest absolute Gasteiger partial charge is 0.477 e. The number of carbonyl (C=O) groups is 1. The summed E-state index contributed by atoms with van der Waals surface area (Å²) in [4.78, 5) is 28.1. The van der Waals surface area contributed by atoms with E-state index in [0.717, 1.165) is 49.2 Å². The molecule has 7 heteroatoms. The van der Waals surface area contributed by atoms with E-state index >= 15 is 0 Å². The molecule has 1 atom stereocenters. The van der Waals surface area contributed by atoms with E-state index in [9.17, 15) is 9.59 Å². The van der Waals surface area contributed by atoms with E-state index < -0.39 is 11.5 Å². The number of carboxylic acid groups (broad SMARTS) is 1. The summed E-state index contributed by atoms with van der Waals surface area (Å²) in [6.45, 7) is 4.04. The first kappa shape index (κ1) is 21.1. The van der Waals surface area contributed by atoms with Gasteiger partial charge in [-0.25, -0.2) is 4.79 Å². The molecule has 1 unspecified atom stereocenters. The molecule has 1 aliphatic rings. The van der Waals surface area contributed by atoms with Crippen LogP contribution in [0.5, 0.6) is 0 Å². The fourth-order valence-electron chi connectivity index (χ4n) is 3.44. The Morgan fingerprint density at radius 1 is 1.31 bits per heavy atom. The van der Waals surface area contributed by atoms with Crippen molar-refractivity contribution in [3.05, 3.63) is 51.8 Å². The van der Waals surface area contributed by atoms with E-state index in [1.165, 1.54) is 6.07 Å². The third-order valence-corrected chi connectivity index (χ3v) is 5.20. The number of aromatic amines is 1. The van der Waals surface area contributed by atoms with Crippen molar-refractivity contribution in [2.75, 3.05) is 31.7 Å². The highest BCUT2D eigenvalue weighted by molar-refractivity contribution is 5.88. The number of hydrogen-bond acceptors (Lipinski definition) is 5. The summed E-state index contributed by atoms with van der Waals surface area (Å²) in [5.41, 5.74) is 2.51. The Hall–Kier alpha value is -2.64. The zero-order valence-corrected chi connectivity index (χ0v) is 16.9. The number of nitrogens with zero attached hydrogens (tertiary/aromatic N) is 1. The van der Waals surface area contributed by atoms with Crippen molar-refractivity contribution >= 4 is 11.7 Å². The number of aromatic nitrogens is 1. The van der Waals surface area contributed by atoms with Crippen LogP contribution >= 0.6 is 0 Å². The maximum Gasteiger partial charge on any atom is 0.341 e. The van der Waals surface area contributed by atoms with Gasteiger partial charge in [-0.1, -0.05) is 19.1 Å². The Balaban J connectivity index is 1.67. The van der Waals surface area contributed by atoms with Gasteiger partial charge in [0.15, 0.2) is 6.29 Å². The van der Waals surface area contributed by atoms with Gasteiger partial charge in [-0.3, -0.25) is 4.79 Å².